The van der Waals surface area contributed by atoms with Crippen LogP contribution < -0.4 is 0 Å². The molecule has 0 bridgehead atoms. The summed E-state index contributed by atoms with van der Waals surface area (Å²) in [4.78, 5) is 0. The number of aliphatic hydroxyl groups is 2. The average Bonchev–Trinajstić information content (AvgIpc) is 2.28. The van der Waals surface area contributed by atoms with Gasteiger partial charge in [0.15, 0.2) is 0 Å². The highest BCUT2D eigenvalue weighted by Gasteiger charge is 2.36. The Morgan fingerprint density at radius 1 is 0.941 bits per heavy atom. The molecule has 2 heteroatoms. The lowest BCUT2D eigenvalue weighted by atomic mass is 9.78. The maximum atomic E-state index is 10.4. The van der Waals surface area contributed by atoms with Crippen LogP contribution in [0.25, 0.3) is 0 Å². The zero-order valence-electron chi connectivity index (χ0n) is 10.5. The lowest BCUT2D eigenvalue weighted by Gasteiger charge is -2.35. The highest BCUT2D eigenvalue weighted by Crippen LogP contribution is 2.34. The first-order chi connectivity index (χ1) is 7.91. The smallest absolute Gasteiger partial charge is 0.0895 e. The maximum Gasteiger partial charge on any atom is 0.0895 e. The first-order valence-electron chi connectivity index (χ1n) is 6.08. The van der Waals surface area contributed by atoms with E-state index in [1.165, 1.54) is 0 Å². The predicted octanol–water partition coefficient (Wildman–Crippen LogP) is 2.65. The molecule has 17 heavy (non-hydrogen) atoms. The van der Waals surface area contributed by atoms with Gasteiger partial charge >= 0.3 is 0 Å². The van der Waals surface area contributed by atoms with E-state index in [2.05, 4.69) is 0 Å². The van der Waals surface area contributed by atoms with Crippen molar-refractivity contribution in [2.24, 2.45) is 0 Å². The van der Waals surface area contributed by atoms with Crippen LogP contribution in [0.15, 0.2) is 47.6 Å². The van der Waals surface area contributed by atoms with Gasteiger partial charge in [-0.05, 0) is 26.7 Å². The van der Waals surface area contributed by atoms with Crippen molar-refractivity contribution in [3.8, 4) is 0 Å². The van der Waals surface area contributed by atoms with Gasteiger partial charge in [0.05, 0.1) is 11.2 Å². The number of hydrogen-bond donors (Lipinski definition) is 2. The molecule has 0 unspecified atom stereocenters. The van der Waals surface area contributed by atoms with Gasteiger partial charge in [-0.1, -0.05) is 47.6 Å². The van der Waals surface area contributed by atoms with Gasteiger partial charge in [0.1, 0.15) is 0 Å². The highest BCUT2D eigenvalue weighted by molar-refractivity contribution is 5.30. The van der Waals surface area contributed by atoms with E-state index < -0.39 is 11.2 Å². The van der Waals surface area contributed by atoms with Crippen molar-refractivity contribution in [3.63, 3.8) is 0 Å². The molecule has 0 aromatic carbocycles. The van der Waals surface area contributed by atoms with E-state index in [0.717, 1.165) is 11.1 Å². The van der Waals surface area contributed by atoms with Gasteiger partial charge in [-0.2, -0.15) is 0 Å². The van der Waals surface area contributed by atoms with Crippen molar-refractivity contribution in [1.29, 1.82) is 0 Å². The molecule has 2 N–H and O–H groups in total. The number of allylic oxidation sites excluding steroid dienone is 4. The molecule has 0 aliphatic heterocycles. The summed E-state index contributed by atoms with van der Waals surface area (Å²) in [5.74, 6) is 0. The molecule has 2 nitrogen and oxygen atoms in total. The Morgan fingerprint density at radius 2 is 1.35 bits per heavy atom. The van der Waals surface area contributed by atoms with Crippen molar-refractivity contribution < 1.29 is 10.2 Å². The third kappa shape index (κ3) is 2.96. The summed E-state index contributed by atoms with van der Waals surface area (Å²) in [6.07, 6.45) is 13.0. The van der Waals surface area contributed by atoms with Crippen LogP contribution in [0.2, 0.25) is 0 Å². The first-order valence-corrected chi connectivity index (χ1v) is 6.08. The fraction of sp³-hybridized carbons (Fsp3) is 0.467. The normalized spacial score (nSPS) is 36.7. The molecule has 0 aromatic rings. The quantitative estimate of drug-likeness (QED) is 0.768. The standard InChI is InChI=1S/C15H20O2/c1-12-3-7-14(16,8-4-12)11-15(17)9-5-13(2)6-10-15/h3-7,9,16-17H,8,10-11H2,1-2H3/t14-,15+. The van der Waals surface area contributed by atoms with E-state index in [1.807, 2.05) is 38.2 Å². The third-order valence-corrected chi connectivity index (χ3v) is 3.48. The van der Waals surface area contributed by atoms with Gasteiger partial charge in [-0.15, -0.1) is 0 Å². The molecule has 2 rings (SSSR count). The van der Waals surface area contributed by atoms with Crippen LogP contribution in [0.4, 0.5) is 0 Å². The number of rotatable bonds is 2. The summed E-state index contributed by atoms with van der Waals surface area (Å²) in [6.45, 7) is 4.02. The molecular weight excluding hydrogens is 212 g/mol. The van der Waals surface area contributed by atoms with Gasteiger partial charge in [0.25, 0.3) is 0 Å². The molecule has 0 aromatic heterocycles. The van der Waals surface area contributed by atoms with Crippen LogP contribution in [0.1, 0.15) is 33.1 Å². The minimum Gasteiger partial charge on any atom is -0.385 e. The molecule has 2 aliphatic carbocycles. The molecule has 0 fully saturated rings. The molecule has 0 heterocycles. The summed E-state index contributed by atoms with van der Waals surface area (Å²) < 4.78 is 0. The van der Waals surface area contributed by atoms with Gasteiger partial charge < -0.3 is 10.2 Å². The Hall–Kier alpha value is -1.12. The van der Waals surface area contributed by atoms with Crippen LogP contribution in [0, 0.1) is 0 Å². The van der Waals surface area contributed by atoms with Crippen LogP contribution in [0.3, 0.4) is 0 Å². The first kappa shape index (κ1) is 12.3. The van der Waals surface area contributed by atoms with Crippen molar-refractivity contribution in [2.75, 3.05) is 0 Å². The summed E-state index contributed by atoms with van der Waals surface area (Å²) in [6, 6.07) is 0. The van der Waals surface area contributed by atoms with Crippen molar-refractivity contribution in [1.82, 2.24) is 0 Å². The third-order valence-electron chi connectivity index (χ3n) is 3.48. The Balaban J connectivity index is 2.07. The highest BCUT2D eigenvalue weighted by atomic mass is 16.3. The van der Waals surface area contributed by atoms with Crippen LogP contribution in [-0.4, -0.2) is 21.4 Å². The topological polar surface area (TPSA) is 40.5 Å². The lowest BCUT2D eigenvalue weighted by Crippen LogP contribution is -2.40. The monoisotopic (exact) mass is 232 g/mol. The van der Waals surface area contributed by atoms with Gasteiger partial charge in [-0.25, -0.2) is 0 Å². The predicted molar refractivity (Wildman–Crippen MR) is 69.5 cm³/mol. The molecular formula is C15H20O2. The van der Waals surface area contributed by atoms with E-state index in [4.69, 9.17) is 0 Å². The zero-order chi connectivity index (χ0) is 12.5. The second-order valence-electron chi connectivity index (χ2n) is 5.36. The van der Waals surface area contributed by atoms with Crippen molar-refractivity contribution in [3.05, 3.63) is 47.6 Å². The van der Waals surface area contributed by atoms with Gasteiger partial charge in [0.2, 0.25) is 0 Å². The Morgan fingerprint density at radius 3 is 1.65 bits per heavy atom. The van der Waals surface area contributed by atoms with E-state index in [0.29, 0.717) is 19.3 Å². The molecule has 0 amide bonds. The van der Waals surface area contributed by atoms with Crippen molar-refractivity contribution >= 4 is 0 Å². The summed E-state index contributed by atoms with van der Waals surface area (Å²) in [5.41, 5.74) is 0.489. The molecule has 2 atom stereocenters. The van der Waals surface area contributed by atoms with E-state index in [-0.39, 0.29) is 0 Å². The van der Waals surface area contributed by atoms with Crippen molar-refractivity contribution in [2.45, 2.75) is 44.3 Å². The Bertz CT molecular complexity index is 388. The molecule has 92 valence electrons. The van der Waals surface area contributed by atoms with Crippen LogP contribution in [-0.2, 0) is 0 Å². The molecule has 0 radical (unpaired) electrons. The largest absolute Gasteiger partial charge is 0.385 e. The summed E-state index contributed by atoms with van der Waals surface area (Å²) in [5, 5.41) is 20.9. The minimum atomic E-state index is -0.919. The lowest BCUT2D eigenvalue weighted by molar-refractivity contribution is -0.0105. The fourth-order valence-electron chi connectivity index (χ4n) is 2.31. The minimum absolute atomic E-state index is 0.348. The Labute approximate surface area is 103 Å². The van der Waals surface area contributed by atoms with Crippen LogP contribution in [0.5, 0.6) is 0 Å². The maximum absolute atomic E-state index is 10.4. The van der Waals surface area contributed by atoms with E-state index in [1.54, 1.807) is 12.2 Å². The molecule has 2 aliphatic rings. The zero-order valence-corrected chi connectivity index (χ0v) is 10.5. The molecule has 0 saturated heterocycles. The number of hydrogen-bond acceptors (Lipinski definition) is 2. The second kappa shape index (κ2) is 4.28. The fourth-order valence-corrected chi connectivity index (χ4v) is 2.31. The Kier molecular flexibility index (Phi) is 3.11. The molecule has 0 saturated carbocycles. The van der Waals surface area contributed by atoms with Gasteiger partial charge in [0, 0.05) is 6.42 Å². The molecule has 0 spiro atoms. The van der Waals surface area contributed by atoms with E-state index >= 15 is 0 Å². The van der Waals surface area contributed by atoms with Crippen LogP contribution >= 0.6 is 0 Å². The van der Waals surface area contributed by atoms with E-state index in [9.17, 15) is 10.2 Å². The average molecular weight is 232 g/mol. The summed E-state index contributed by atoms with van der Waals surface area (Å²) in [7, 11) is 0. The SMILES string of the molecule is CC1=CC[C@@](O)(C[C@]2(O)C=CC(C)=CC2)C=C1. The second-order valence-corrected chi connectivity index (χ2v) is 5.36. The summed E-state index contributed by atoms with van der Waals surface area (Å²) >= 11 is 0. The van der Waals surface area contributed by atoms with Gasteiger partial charge in [-0.3, -0.25) is 0 Å².